The highest BCUT2D eigenvalue weighted by atomic mass is 79.9. The van der Waals surface area contributed by atoms with E-state index in [-0.39, 0.29) is 18.0 Å². The van der Waals surface area contributed by atoms with E-state index in [0.717, 1.165) is 0 Å². The van der Waals surface area contributed by atoms with Crippen LogP contribution in [0.1, 0.15) is 5.56 Å². The molecule has 112 valence electrons. The number of benzene rings is 2. The first kappa shape index (κ1) is 16.0. The normalized spacial score (nSPS) is 10.8. The van der Waals surface area contributed by atoms with Crippen LogP contribution in [0.25, 0.3) is 0 Å². The molecule has 0 amide bonds. The van der Waals surface area contributed by atoms with Crippen molar-refractivity contribution in [1.82, 2.24) is 0 Å². The molecule has 2 aromatic rings. The van der Waals surface area contributed by atoms with E-state index in [4.69, 9.17) is 11.6 Å². The molecular weight excluding hydrogens is 371 g/mol. The number of hydrogen-bond donors (Lipinski definition) is 1. The minimum Gasteiger partial charge on any atom is -0.434 e. The zero-order valence-corrected chi connectivity index (χ0v) is 12.9. The molecule has 0 spiro atoms. The van der Waals surface area contributed by atoms with Crippen molar-refractivity contribution in [3.8, 4) is 5.75 Å². The van der Waals surface area contributed by atoms with Gasteiger partial charge in [0.2, 0.25) is 0 Å². The van der Waals surface area contributed by atoms with Gasteiger partial charge in [-0.1, -0.05) is 17.7 Å². The number of hydrogen-bond acceptors (Lipinski definition) is 2. The zero-order chi connectivity index (χ0) is 15.4. The van der Waals surface area contributed by atoms with Gasteiger partial charge in [0.1, 0.15) is 11.6 Å². The van der Waals surface area contributed by atoms with E-state index >= 15 is 0 Å². The van der Waals surface area contributed by atoms with Crippen molar-refractivity contribution in [2.24, 2.45) is 0 Å². The quantitative estimate of drug-likeness (QED) is 0.744. The van der Waals surface area contributed by atoms with Gasteiger partial charge in [0.25, 0.3) is 0 Å². The fraction of sp³-hybridized carbons (Fsp3) is 0.143. The average Bonchev–Trinajstić information content (AvgIpc) is 2.40. The fourth-order valence-electron chi connectivity index (χ4n) is 1.75. The number of rotatable bonds is 5. The summed E-state index contributed by atoms with van der Waals surface area (Å²) in [5, 5.41) is 3.21. The molecule has 0 saturated carbocycles. The van der Waals surface area contributed by atoms with Crippen molar-refractivity contribution in [2.75, 3.05) is 5.32 Å². The molecule has 2 rings (SSSR count). The Hall–Kier alpha value is -1.40. The van der Waals surface area contributed by atoms with Crippen molar-refractivity contribution in [2.45, 2.75) is 13.2 Å². The Labute approximate surface area is 133 Å². The van der Waals surface area contributed by atoms with Crippen LogP contribution in [0.15, 0.2) is 40.9 Å². The average molecular weight is 381 g/mol. The Morgan fingerprint density at radius 2 is 2.00 bits per heavy atom. The Bertz CT molecular complexity index is 619. The summed E-state index contributed by atoms with van der Waals surface area (Å²) in [6.45, 7) is -2.85. The van der Waals surface area contributed by atoms with Crippen LogP contribution in [0, 0.1) is 5.82 Å². The van der Waals surface area contributed by atoms with E-state index in [1.165, 1.54) is 24.3 Å². The lowest BCUT2D eigenvalue weighted by molar-refractivity contribution is -0.0504. The highest BCUT2D eigenvalue weighted by molar-refractivity contribution is 9.10. The van der Waals surface area contributed by atoms with E-state index in [1.54, 1.807) is 12.1 Å². The smallest absolute Gasteiger partial charge is 0.387 e. The molecule has 7 heteroatoms. The van der Waals surface area contributed by atoms with Gasteiger partial charge in [-0.05, 0) is 46.3 Å². The Morgan fingerprint density at radius 1 is 1.24 bits per heavy atom. The maximum absolute atomic E-state index is 13.7. The monoisotopic (exact) mass is 379 g/mol. The first-order valence-electron chi connectivity index (χ1n) is 5.88. The molecular formula is C14H10BrClF3NO. The third kappa shape index (κ3) is 4.28. The third-order valence-corrected chi connectivity index (χ3v) is 3.55. The van der Waals surface area contributed by atoms with E-state index in [0.29, 0.717) is 15.1 Å². The molecule has 0 saturated heterocycles. The molecule has 0 bridgehead atoms. The molecule has 0 aliphatic heterocycles. The van der Waals surface area contributed by atoms with Gasteiger partial charge in [0.05, 0.1) is 5.69 Å². The molecule has 1 N–H and O–H groups in total. The van der Waals surface area contributed by atoms with Gasteiger partial charge in [-0.25, -0.2) is 4.39 Å². The number of nitrogens with one attached hydrogen (secondary N) is 1. The fourth-order valence-corrected chi connectivity index (χ4v) is 2.42. The molecule has 2 nitrogen and oxygen atoms in total. The van der Waals surface area contributed by atoms with Crippen LogP contribution in [0.4, 0.5) is 18.9 Å². The lowest BCUT2D eigenvalue weighted by atomic mass is 10.2. The van der Waals surface area contributed by atoms with Gasteiger partial charge in [-0.3, -0.25) is 0 Å². The van der Waals surface area contributed by atoms with Crippen LogP contribution >= 0.6 is 27.5 Å². The molecule has 0 aliphatic carbocycles. The summed E-state index contributed by atoms with van der Waals surface area (Å²) in [4.78, 5) is 0. The minimum absolute atomic E-state index is 0.00522. The van der Waals surface area contributed by atoms with E-state index < -0.39 is 12.4 Å². The first-order chi connectivity index (χ1) is 9.97. The molecule has 0 unspecified atom stereocenters. The second-order valence-corrected chi connectivity index (χ2v) is 5.37. The number of alkyl halides is 2. The lowest BCUT2D eigenvalue weighted by Gasteiger charge is -2.14. The number of anilines is 1. The summed E-state index contributed by atoms with van der Waals surface area (Å²) >= 11 is 9.06. The van der Waals surface area contributed by atoms with E-state index in [9.17, 15) is 13.2 Å². The van der Waals surface area contributed by atoms with E-state index in [1.807, 2.05) is 0 Å². The Morgan fingerprint density at radius 3 is 2.67 bits per heavy atom. The first-order valence-corrected chi connectivity index (χ1v) is 7.05. The number of halogens is 5. The van der Waals surface area contributed by atoms with Crippen molar-refractivity contribution in [3.63, 3.8) is 0 Å². The van der Waals surface area contributed by atoms with Crippen molar-refractivity contribution < 1.29 is 17.9 Å². The Kier molecular flexibility index (Phi) is 5.36. The van der Waals surface area contributed by atoms with Crippen LogP contribution < -0.4 is 10.1 Å². The van der Waals surface area contributed by atoms with Gasteiger partial charge in [-0.15, -0.1) is 0 Å². The second kappa shape index (κ2) is 7.04. The maximum atomic E-state index is 13.7. The Balaban J connectivity index is 2.21. The molecule has 0 aromatic heterocycles. The van der Waals surface area contributed by atoms with Crippen LogP contribution in [-0.2, 0) is 6.54 Å². The summed E-state index contributed by atoms with van der Waals surface area (Å²) in [6, 6.07) is 8.79. The molecule has 0 fully saturated rings. The van der Waals surface area contributed by atoms with Gasteiger partial charge in [-0.2, -0.15) is 8.78 Å². The summed E-state index contributed by atoms with van der Waals surface area (Å²) in [5.74, 6) is -0.461. The van der Waals surface area contributed by atoms with Crippen LogP contribution in [0.3, 0.4) is 0 Å². The number of ether oxygens (including phenoxy) is 1. The topological polar surface area (TPSA) is 21.3 Å². The van der Waals surface area contributed by atoms with E-state index in [2.05, 4.69) is 26.0 Å². The van der Waals surface area contributed by atoms with Gasteiger partial charge in [0, 0.05) is 21.6 Å². The maximum Gasteiger partial charge on any atom is 0.387 e. The molecule has 0 heterocycles. The molecule has 2 aromatic carbocycles. The molecule has 0 radical (unpaired) electrons. The minimum atomic E-state index is -2.94. The standard InChI is InChI=1S/C14H10BrClF3NO/c15-10-2-1-3-11(17)13(10)20-7-8-6-9(16)4-5-12(8)21-14(18)19/h1-6,14,20H,7H2. The van der Waals surface area contributed by atoms with Gasteiger partial charge in [0.15, 0.2) is 0 Å². The van der Waals surface area contributed by atoms with Crippen molar-refractivity contribution >= 4 is 33.2 Å². The molecule has 0 atom stereocenters. The summed E-state index contributed by atoms with van der Waals surface area (Å²) in [7, 11) is 0. The van der Waals surface area contributed by atoms with Gasteiger partial charge < -0.3 is 10.1 Å². The van der Waals surface area contributed by atoms with Crippen LogP contribution in [0.5, 0.6) is 5.75 Å². The SMILES string of the molecule is Fc1cccc(Br)c1NCc1cc(Cl)ccc1OC(F)F. The molecule has 21 heavy (non-hydrogen) atoms. The second-order valence-electron chi connectivity index (χ2n) is 4.08. The summed E-state index contributed by atoms with van der Waals surface area (Å²) in [6.07, 6.45) is 0. The van der Waals surface area contributed by atoms with Crippen LogP contribution in [-0.4, -0.2) is 6.61 Å². The predicted molar refractivity (Wildman–Crippen MR) is 79.5 cm³/mol. The highest BCUT2D eigenvalue weighted by Crippen LogP contribution is 2.29. The number of para-hydroxylation sites is 1. The van der Waals surface area contributed by atoms with Crippen molar-refractivity contribution in [1.29, 1.82) is 0 Å². The zero-order valence-electron chi connectivity index (χ0n) is 10.5. The predicted octanol–water partition coefficient (Wildman–Crippen LogP) is 5.46. The van der Waals surface area contributed by atoms with Crippen molar-refractivity contribution in [3.05, 3.63) is 57.3 Å². The highest BCUT2D eigenvalue weighted by Gasteiger charge is 2.12. The van der Waals surface area contributed by atoms with Crippen LogP contribution in [0.2, 0.25) is 5.02 Å². The largest absolute Gasteiger partial charge is 0.434 e. The molecule has 0 aliphatic rings. The summed E-state index contributed by atoms with van der Waals surface area (Å²) in [5.41, 5.74) is 0.637. The summed E-state index contributed by atoms with van der Waals surface area (Å²) < 4.78 is 43.3. The lowest BCUT2D eigenvalue weighted by Crippen LogP contribution is -2.08. The van der Waals surface area contributed by atoms with Gasteiger partial charge >= 0.3 is 6.61 Å². The third-order valence-electron chi connectivity index (χ3n) is 2.66.